The molecule has 0 aromatic heterocycles. The zero-order chi connectivity index (χ0) is 34.5. The molecule has 0 amide bonds. The summed E-state index contributed by atoms with van der Waals surface area (Å²) in [7, 11) is 0. The van der Waals surface area contributed by atoms with Gasteiger partial charge in [0, 0.05) is 102 Å². The predicted octanol–water partition coefficient (Wildman–Crippen LogP) is 13.0. The quantitative estimate of drug-likeness (QED) is 0.114. The van der Waals surface area contributed by atoms with Crippen LogP contribution in [-0.2, 0) is 69.8 Å². The van der Waals surface area contributed by atoms with E-state index in [0.29, 0.717) is 25.0 Å². The molecule has 0 bridgehead atoms. The van der Waals surface area contributed by atoms with Crippen LogP contribution in [0.1, 0.15) is 182 Å². The molecule has 2 saturated heterocycles. The van der Waals surface area contributed by atoms with E-state index in [2.05, 4.69) is 44.9 Å². The Bertz CT molecular complexity index is 353. The number of hydrogen-bond donors (Lipinski definition) is 3. The van der Waals surface area contributed by atoms with Gasteiger partial charge in [-0.3, -0.25) is 0 Å². The molecule has 0 spiro atoms. The second-order valence-corrected chi connectivity index (χ2v) is 8.59. The van der Waals surface area contributed by atoms with Gasteiger partial charge in [-0.2, -0.15) is 35.2 Å². The largest absolute Gasteiger partial charge is 0.396 e. The summed E-state index contributed by atoms with van der Waals surface area (Å²) < 4.78 is 0. The molecule has 2 aliphatic carbocycles. The van der Waals surface area contributed by atoms with E-state index in [1.54, 1.807) is 22.4 Å². The van der Waals surface area contributed by atoms with Crippen molar-refractivity contribution in [2.45, 2.75) is 188 Å². The van der Waals surface area contributed by atoms with Gasteiger partial charge >= 0.3 is 0 Å². The van der Waals surface area contributed by atoms with Crippen molar-refractivity contribution in [2.75, 3.05) is 44.3 Å². The average Bonchev–Trinajstić information content (AvgIpc) is 3.87. The van der Waals surface area contributed by atoms with Gasteiger partial charge in [0.2, 0.25) is 0 Å². The van der Waals surface area contributed by atoms with Crippen molar-refractivity contribution in [1.82, 2.24) is 10.2 Å². The Kier molecular flexibility index (Phi) is 182. The monoisotopic (exact) mass is 1070 g/mol. The first kappa shape index (κ1) is 88.7. The van der Waals surface area contributed by atoms with E-state index in [9.17, 15) is 0 Å². The molecule has 4 nitrogen and oxygen atoms in total. The second-order valence-electron chi connectivity index (χ2n) is 8.59. The van der Waals surface area contributed by atoms with Crippen LogP contribution in [0.5, 0.6) is 0 Å². The summed E-state index contributed by atoms with van der Waals surface area (Å²) in [5.41, 5.74) is 4.47. The van der Waals surface area contributed by atoms with E-state index in [1.807, 2.05) is 88.0 Å². The molecular formula is C38H94BI2N2O2V2Y-. The van der Waals surface area contributed by atoms with Crippen molar-refractivity contribution in [3.63, 3.8) is 0 Å². The van der Waals surface area contributed by atoms with Crippen molar-refractivity contribution in [3.05, 3.63) is 6.42 Å². The maximum atomic E-state index is 9.06. The van der Waals surface area contributed by atoms with Crippen LogP contribution in [0.2, 0.25) is 0 Å². The Morgan fingerprint density at radius 2 is 1.00 bits per heavy atom. The van der Waals surface area contributed by atoms with Crippen LogP contribution in [0, 0.1) is 18.3 Å². The zero-order valence-corrected chi connectivity index (χ0v) is 42.6. The molecule has 4 fully saturated rings. The third-order valence-electron chi connectivity index (χ3n) is 6.40. The van der Waals surface area contributed by atoms with Crippen LogP contribution in [0.3, 0.4) is 0 Å². The molecule has 2 unspecified atom stereocenters. The minimum absolute atomic E-state index is 0. The number of aliphatic hydroxyl groups excluding tert-OH is 2. The number of alkyl halides is 1. The van der Waals surface area contributed by atoms with E-state index in [1.165, 1.54) is 77.2 Å². The summed E-state index contributed by atoms with van der Waals surface area (Å²) in [6.07, 6.45) is 18.9. The van der Waals surface area contributed by atoms with Crippen molar-refractivity contribution in [1.29, 1.82) is 0 Å². The number of aliphatic hydroxyl groups is 2. The smallest absolute Gasteiger partial charge is 0.169 e. The fourth-order valence-electron chi connectivity index (χ4n) is 4.56. The molecule has 48 heavy (non-hydrogen) atoms. The third-order valence-corrected chi connectivity index (χ3v) is 6.40. The molecule has 0 aromatic rings. The maximum absolute atomic E-state index is 9.06. The Balaban J connectivity index is -0.0000000282. The summed E-state index contributed by atoms with van der Waals surface area (Å²) in [4.78, 5) is 4.58. The van der Waals surface area contributed by atoms with Gasteiger partial charge in [0.1, 0.15) is 0 Å². The third kappa shape index (κ3) is 67.7. The summed E-state index contributed by atoms with van der Waals surface area (Å²) in [5, 5.41) is 20.7. The van der Waals surface area contributed by atoms with E-state index >= 15 is 0 Å². The van der Waals surface area contributed by atoms with Crippen molar-refractivity contribution in [3.8, 4) is 0 Å². The Morgan fingerprint density at radius 1 is 0.625 bits per heavy atom. The predicted molar refractivity (Wildman–Crippen MR) is 237 cm³/mol. The van der Waals surface area contributed by atoms with Crippen LogP contribution in [0.4, 0.5) is 0 Å². The minimum Gasteiger partial charge on any atom is -0.396 e. The second kappa shape index (κ2) is 98.2. The summed E-state index contributed by atoms with van der Waals surface area (Å²) >= 11 is 3.80. The maximum Gasteiger partial charge on any atom is 0.169 e. The molecule has 3 N–H and O–H groups in total. The summed E-state index contributed by atoms with van der Waals surface area (Å²) in [6.45, 7) is 29.2. The summed E-state index contributed by atoms with van der Waals surface area (Å²) in [5.74, 6) is 1.11. The van der Waals surface area contributed by atoms with Gasteiger partial charge in [-0.1, -0.05) is 166 Å². The van der Waals surface area contributed by atoms with Crippen molar-refractivity contribution in [2.24, 2.45) is 11.8 Å². The minimum atomic E-state index is 0. The van der Waals surface area contributed by atoms with Crippen LogP contribution in [0.25, 0.3) is 0 Å². The Morgan fingerprint density at radius 3 is 1.23 bits per heavy atom. The van der Waals surface area contributed by atoms with Gasteiger partial charge in [0.05, 0.1) is 0 Å². The fourth-order valence-corrected chi connectivity index (χ4v) is 4.56. The van der Waals surface area contributed by atoms with Crippen molar-refractivity contribution >= 4 is 50.7 Å². The van der Waals surface area contributed by atoms with E-state index < -0.39 is 0 Å². The fraction of sp³-hybridized carbons (Fsp3) is 0.974. The van der Waals surface area contributed by atoms with Gasteiger partial charge in [-0.25, -0.2) is 0 Å². The number of nitrogens with zero attached hydrogens (tertiary/aromatic N) is 1. The average molecular weight is 1070 g/mol. The summed E-state index contributed by atoms with van der Waals surface area (Å²) in [6, 6.07) is 0.852. The van der Waals surface area contributed by atoms with Crippen molar-refractivity contribution < 1.29 is 80.0 Å². The first-order valence-electron chi connectivity index (χ1n) is 17.9. The Hall–Kier alpha value is 3.64. The molecule has 5 radical (unpaired) electrons. The van der Waals surface area contributed by atoms with Gasteiger partial charge < -0.3 is 26.9 Å². The number of likely N-dealkylation sites (tertiary alicyclic amines) is 1. The standard InChI is InChI=1S/C11H21NO.C6H11.C5H11NO.6C2H6.CH3I.3CH4.BI.2V.Y/c13-9-10-6-7-12(8-10)11-4-2-1-3-5-11;1-2-4-6-5-3-1;7-4-5-1-2-6-3-5;7*1-2;;;;1-2;;;/h10-11,13H,1-9H2;1H,2-6H2;5-7H,1-4H2;6*1-2H3;1H3;3*1H4;;;;/q;-1;;;;;;;;;;;;;;;. The topological polar surface area (TPSA) is 55.7 Å². The SMILES string of the molecule is C.C.C.CC.CC.CC.CC.CC.CC.CI.OCC1CCN(C2CCCCC2)C1.OCC1CCNC1.[B]I.[CH-]1CCCCC1.[V].[V].[Y]. The number of halogens is 2. The van der Waals surface area contributed by atoms with E-state index in [4.69, 9.17) is 10.2 Å². The van der Waals surface area contributed by atoms with Crippen LogP contribution in [-0.4, -0.2) is 71.2 Å². The van der Waals surface area contributed by atoms with E-state index in [-0.39, 0.29) is 92.1 Å². The van der Waals surface area contributed by atoms with Gasteiger partial charge in [0.25, 0.3) is 0 Å². The zero-order valence-electron chi connectivity index (χ0n) is 32.7. The van der Waals surface area contributed by atoms with E-state index in [0.717, 1.165) is 32.1 Å². The van der Waals surface area contributed by atoms with Gasteiger partial charge in [0.15, 0.2) is 5.70 Å². The molecule has 2 atom stereocenters. The molecule has 299 valence electrons. The molecule has 4 aliphatic rings. The van der Waals surface area contributed by atoms with Crippen LogP contribution < -0.4 is 5.32 Å². The Labute approximate surface area is 387 Å². The molecule has 0 aromatic carbocycles. The van der Waals surface area contributed by atoms with Gasteiger partial charge in [-0.15, -0.1) is 0 Å². The molecular weight excluding hydrogens is 972 g/mol. The number of rotatable bonds is 3. The number of nitrogens with one attached hydrogen (secondary N) is 1. The first-order valence-corrected chi connectivity index (χ1v) is 21.3. The normalized spacial score (nSPS) is 17.4. The molecule has 10 heteroatoms. The molecule has 2 aliphatic heterocycles. The molecule has 4 rings (SSSR count). The molecule has 2 saturated carbocycles. The first-order chi connectivity index (χ1) is 20.8. The van der Waals surface area contributed by atoms with Crippen LogP contribution >= 0.6 is 45.0 Å². The van der Waals surface area contributed by atoms with Crippen LogP contribution in [0.15, 0.2) is 0 Å². The molecule has 2 heterocycles. The van der Waals surface area contributed by atoms with Gasteiger partial charge in [-0.05, 0) is 55.5 Å². The number of hydrogen-bond acceptors (Lipinski definition) is 4.